The minimum atomic E-state index is -0.461. The number of rotatable bonds is 4. The number of amides is 3. The Bertz CT molecular complexity index is 991. The fourth-order valence-corrected chi connectivity index (χ4v) is 4.46. The van der Waals surface area contributed by atoms with Gasteiger partial charge in [-0.05, 0) is 61.0 Å². The lowest BCUT2D eigenvalue weighted by Crippen LogP contribution is -2.42. The average molecular weight is 445 g/mol. The number of imide groups is 1. The van der Waals surface area contributed by atoms with Gasteiger partial charge < -0.3 is 9.32 Å². The van der Waals surface area contributed by atoms with Gasteiger partial charge in [0.2, 0.25) is 5.91 Å². The van der Waals surface area contributed by atoms with Gasteiger partial charge in [-0.25, -0.2) is 0 Å². The van der Waals surface area contributed by atoms with Crippen LogP contribution in [0.5, 0.6) is 0 Å². The van der Waals surface area contributed by atoms with Crippen molar-refractivity contribution in [2.75, 3.05) is 19.6 Å². The van der Waals surface area contributed by atoms with E-state index in [-0.39, 0.29) is 17.4 Å². The van der Waals surface area contributed by atoms with Crippen molar-refractivity contribution in [3.63, 3.8) is 0 Å². The van der Waals surface area contributed by atoms with Crippen LogP contribution in [0.15, 0.2) is 45.7 Å². The van der Waals surface area contributed by atoms with E-state index in [2.05, 4.69) is 0 Å². The molecule has 0 spiro atoms. The zero-order chi connectivity index (χ0) is 21.1. The number of hydrogen-bond donors (Lipinski definition) is 0. The van der Waals surface area contributed by atoms with Crippen LogP contribution in [0, 0.1) is 0 Å². The van der Waals surface area contributed by atoms with Crippen molar-refractivity contribution < 1.29 is 18.8 Å². The fraction of sp³-hybridized carbons (Fsp3) is 0.318. The van der Waals surface area contributed by atoms with Crippen molar-refractivity contribution in [1.82, 2.24) is 9.80 Å². The molecule has 0 saturated carbocycles. The Balaban J connectivity index is 1.45. The summed E-state index contributed by atoms with van der Waals surface area (Å²) in [6.45, 7) is 1.16. The first-order valence-electron chi connectivity index (χ1n) is 9.90. The van der Waals surface area contributed by atoms with Gasteiger partial charge in [0.25, 0.3) is 11.1 Å². The Hall–Kier alpha value is -2.51. The monoisotopic (exact) mass is 444 g/mol. The Labute approximate surface area is 183 Å². The normalized spacial score (nSPS) is 18.9. The van der Waals surface area contributed by atoms with Crippen LogP contribution in [-0.4, -0.2) is 46.5 Å². The average Bonchev–Trinajstić information content (AvgIpc) is 3.16. The minimum Gasteiger partial charge on any atom is -0.457 e. The Morgan fingerprint density at radius 2 is 1.73 bits per heavy atom. The second kappa shape index (κ2) is 9.10. The molecule has 0 radical (unpaired) electrons. The smallest absolute Gasteiger partial charge is 0.294 e. The van der Waals surface area contributed by atoms with Gasteiger partial charge in [0.1, 0.15) is 18.1 Å². The lowest BCUT2D eigenvalue weighted by molar-refractivity contribution is -0.135. The van der Waals surface area contributed by atoms with Crippen LogP contribution >= 0.6 is 23.4 Å². The van der Waals surface area contributed by atoms with Crippen molar-refractivity contribution in [2.24, 2.45) is 0 Å². The van der Waals surface area contributed by atoms with Crippen LogP contribution in [-0.2, 0) is 9.59 Å². The predicted octanol–water partition coefficient (Wildman–Crippen LogP) is 5.04. The van der Waals surface area contributed by atoms with Crippen molar-refractivity contribution in [2.45, 2.75) is 25.7 Å². The van der Waals surface area contributed by atoms with Crippen molar-refractivity contribution >= 4 is 46.5 Å². The van der Waals surface area contributed by atoms with E-state index in [9.17, 15) is 14.4 Å². The van der Waals surface area contributed by atoms with Gasteiger partial charge in [0, 0.05) is 29.8 Å². The predicted molar refractivity (Wildman–Crippen MR) is 117 cm³/mol. The lowest BCUT2D eigenvalue weighted by atomic mass is 10.2. The number of furan rings is 1. The number of benzene rings is 1. The molecule has 2 aliphatic rings. The second-order valence-electron chi connectivity index (χ2n) is 7.27. The molecule has 6 nitrogen and oxygen atoms in total. The zero-order valence-electron chi connectivity index (χ0n) is 16.3. The van der Waals surface area contributed by atoms with E-state index in [4.69, 9.17) is 16.0 Å². The van der Waals surface area contributed by atoms with E-state index < -0.39 is 11.1 Å². The lowest BCUT2D eigenvalue weighted by Gasteiger charge is -2.22. The highest BCUT2D eigenvalue weighted by Gasteiger charge is 2.37. The first kappa shape index (κ1) is 20.8. The van der Waals surface area contributed by atoms with E-state index in [0.717, 1.165) is 47.9 Å². The zero-order valence-corrected chi connectivity index (χ0v) is 17.9. The third-order valence-corrected chi connectivity index (χ3v) is 6.31. The quantitative estimate of drug-likeness (QED) is 0.618. The summed E-state index contributed by atoms with van der Waals surface area (Å²) in [5, 5.41) is 0.202. The Kier molecular flexibility index (Phi) is 6.29. The maximum absolute atomic E-state index is 12.7. The molecule has 2 aromatic rings. The first-order valence-corrected chi connectivity index (χ1v) is 11.1. The molecule has 1 aromatic heterocycles. The minimum absolute atomic E-state index is 0.177. The van der Waals surface area contributed by atoms with Gasteiger partial charge in [-0.15, -0.1) is 0 Å². The molecule has 0 bridgehead atoms. The van der Waals surface area contributed by atoms with E-state index in [1.165, 1.54) is 0 Å². The molecule has 156 valence electrons. The van der Waals surface area contributed by atoms with Crippen LogP contribution in [0.25, 0.3) is 17.4 Å². The van der Waals surface area contributed by atoms with Crippen molar-refractivity contribution in [1.29, 1.82) is 0 Å². The summed E-state index contributed by atoms with van der Waals surface area (Å²) in [4.78, 5) is 40.6. The summed E-state index contributed by atoms with van der Waals surface area (Å²) in [6.07, 6.45) is 5.68. The van der Waals surface area contributed by atoms with Crippen molar-refractivity contribution in [3.8, 4) is 11.3 Å². The third kappa shape index (κ3) is 4.63. The van der Waals surface area contributed by atoms with E-state index in [0.29, 0.717) is 29.6 Å². The molecule has 0 atom stereocenters. The molecule has 30 heavy (non-hydrogen) atoms. The van der Waals surface area contributed by atoms with E-state index in [1.54, 1.807) is 35.2 Å². The summed E-state index contributed by atoms with van der Waals surface area (Å²) in [5.41, 5.74) is 0.857. The topological polar surface area (TPSA) is 70.8 Å². The molecule has 2 aliphatic heterocycles. The third-order valence-electron chi connectivity index (χ3n) is 5.15. The van der Waals surface area contributed by atoms with E-state index >= 15 is 0 Å². The summed E-state index contributed by atoms with van der Waals surface area (Å²) >= 11 is 6.74. The second-order valence-corrected chi connectivity index (χ2v) is 8.70. The molecule has 0 unspecified atom stereocenters. The molecular weight excluding hydrogens is 424 g/mol. The Morgan fingerprint density at radius 3 is 2.43 bits per heavy atom. The molecule has 0 aliphatic carbocycles. The molecule has 8 heteroatoms. The van der Waals surface area contributed by atoms with Gasteiger partial charge >= 0.3 is 0 Å². The van der Waals surface area contributed by atoms with Crippen molar-refractivity contribution in [3.05, 3.63) is 52.1 Å². The summed E-state index contributed by atoms with van der Waals surface area (Å²) in [6, 6.07) is 10.8. The highest BCUT2D eigenvalue weighted by molar-refractivity contribution is 8.18. The highest BCUT2D eigenvalue weighted by Crippen LogP contribution is 2.33. The Morgan fingerprint density at radius 1 is 1.03 bits per heavy atom. The van der Waals surface area contributed by atoms with E-state index in [1.807, 2.05) is 12.1 Å². The molecule has 3 heterocycles. The molecule has 1 aromatic carbocycles. The number of carbonyl (C=O) groups is 3. The molecule has 4 rings (SSSR count). The molecule has 2 fully saturated rings. The van der Waals surface area contributed by atoms with Gasteiger partial charge in [0.15, 0.2) is 0 Å². The SMILES string of the molecule is O=C(CN1C(=O)S/C(=C\c2ccc(-c3ccc(Cl)cc3)o2)C1=O)N1CCCCCC1. The van der Waals surface area contributed by atoms with Crippen LogP contribution in [0.4, 0.5) is 4.79 Å². The molecule has 0 N–H and O–H groups in total. The maximum Gasteiger partial charge on any atom is 0.294 e. The number of carbonyl (C=O) groups excluding carboxylic acids is 3. The van der Waals surface area contributed by atoms with Crippen LogP contribution in [0.1, 0.15) is 31.4 Å². The molecule has 3 amide bonds. The largest absolute Gasteiger partial charge is 0.457 e. The maximum atomic E-state index is 12.7. The van der Waals surface area contributed by atoms with Crippen LogP contribution in [0.2, 0.25) is 5.02 Å². The number of likely N-dealkylation sites (tertiary alicyclic amines) is 1. The highest BCUT2D eigenvalue weighted by atomic mass is 35.5. The summed E-state index contributed by atoms with van der Waals surface area (Å²) in [5.74, 6) is 0.457. The number of halogens is 1. The van der Waals surface area contributed by atoms with Gasteiger partial charge in [-0.3, -0.25) is 19.3 Å². The van der Waals surface area contributed by atoms with Gasteiger partial charge in [-0.2, -0.15) is 0 Å². The number of thioether (sulfide) groups is 1. The number of nitrogens with zero attached hydrogens (tertiary/aromatic N) is 2. The summed E-state index contributed by atoms with van der Waals surface area (Å²) in [7, 11) is 0. The fourth-order valence-electron chi connectivity index (χ4n) is 3.52. The molecular formula is C22H21ClN2O4S. The standard InChI is InChI=1S/C22H21ClN2O4S/c23-16-7-5-15(6-8-16)18-10-9-17(29-18)13-19-21(27)25(22(28)30-19)14-20(26)24-11-3-1-2-4-12-24/h5-10,13H,1-4,11-12,14H2/b19-13-. The molecule has 2 saturated heterocycles. The number of hydrogen-bond acceptors (Lipinski definition) is 5. The van der Waals surface area contributed by atoms with Crippen LogP contribution in [0.3, 0.4) is 0 Å². The van der Waals surface area contributed by atoms with Gasteiger partial charge in [-0.1, -0.05) is 24.4 Å². The van der Waals surface area contributed by atoms with Gasteiger partial charge in [0.05, 0.1) is 4.91 Å². The van der Waals surface area contributed by atoms with Crippen LogP contribution < -0.4 is 0 Å². The summed E-state index contributed by atoms with van der Waals surface area (Å²) < 4.78 is 5.79. The first-order chi connectivity index (χ1) is 14.5.